The highest BCUT2D eigenvalue weighted by molar-refractivity contribution is 4.86. The largest absolute Gasteiger partial charge is 0.383 e. The molecule has 0 bridgehead atoms. The topological polar surface area (TPSA) is 24.5 Å². The number of rotatable bonds is 7. The van der Waals surface area contributed by atoms with Gasteiger partial charge in [-0.1, -0.05) is 13.3 Å². The van der Waals surface area contributed by atoms with Gasteiger partial charge in [-0.2, -0.15) is 0 Å². The molecular formula is C13H26N2O. The van der Waals surface area contributed by atoms with Gasteiger partial charge < -0.3 is 10.1 Å². The summed E-state index contributed by atoms with van der Waals surface area (Å²) in [4.78, 5) is 2.62. The van der Waals surface area contributed by atoms with E-state index in [1.54, 1.807) is 0 Å². The molecule has 2 aliphatic rings. The second-order valence-electron chi connectivity index (χ2n) is 5.35. The third-order valence-electron chi connectivity index (χ3n) is 3.99. The van der Waals surface area contributed by atoms with E-state index in [-0.39, 0.29) is 0 Å². The SMILES string of the molecule is CCC1CCN(C(CNC2CC2)COC)C1. The summed E-state index contributed by atoms with van der Waals surface area (Å²) in [7, 11) is 1.82. The van der Waals surface area contributed by atoms with Gasteiger partial charge in [0.2, 0.25) is 0 Å². The highest BCUT2D eigenvalue weighted by atomic mass is 16.5. The number of nitrogens with zero attached hydrogens (tertiary/aromatic N) is 1. The molecule has 2 unspecified atom stereocenters. The van der Waals surface area contributed by atoms with Gasteiger partial charge >= 0.3 is 0 Å². The Morgan fingerprint density at radius 3 is 2.75 bits per heavy atom. The highest BCUT2D eigenvalue weighted by Gasteiger charge is 2.29. The maximum absolute atomic E-state index is 5.36. The lowest BCUT2D eigenvalue weighted by atomic mass is 10.1. The summed E-state index contributed by atoms with van der Waals surface area (Å²) in [6.07, 6.45) is 5.45. The Morgan fingerprint density at radius 2 is 2.19 bits per heavy atom. The molecule has 2 atom stereocenters. The first-order chi connectivity index (χ1) is 7.83. The zero-order valence-electron chi connectivity index (χ0n) is 10.7. The summed E-state index contributed by atoms with van der Waals surface area (Å²) < 4.78 is 5.36. The molecule has 1 saturated heterocycles. The fourth-order valence-corrected chi connectivity index (χ4v) is 2.60. The van der Waals surface area contributed by atoms with Gasteiger partial charge in [-0.15, -0.1) is 0 Å². The van der Waals surface area contributed by atoms with Crippen molar-refractivity contribution in [2.45, 2.75) is 44.7 Å². The molecule has 16 heavy (non-hydrogen) atoms. The average Bonchev–Trinajstić information content (AvgIpc) is 3.00. The Kier molecular flexibility index (Phi) is 4.62. The average molecular weight is 226 g/mol. The van der Waals surface area contributed by atoms with Crippen LogP contribution in [0.1, 0.15) is 32.6 Å². The first-order valence-corrected chi connectivity index (χ1v) is 6.79. The molecule has 0 aromatic heterocycles. The van der Waals surface area contributed by atoms with Gasteiger partial charge in [-0.3, -0.25) is 4.90 Å². The van der Waals surface area contributed by atoms with Crippen molar-refractivity contribution < 1.29 is 4.74 Å². The minimum atomic E-state index is 0.585. The fourth-order valence-electron chi connectivity index (χ4n) is 2.60. The first kappa shape index (κ1) is 12.3. The standard InChI is InChI=1S/C13H26N2O/c1-3-11-6-7-15(9-11)13(10-16-2)8-14-12-4-5-12/h11-14H,3-10H2,1-2H3. The van der Waals surface area contributed by atoms with Crippen LogP contribution < -0.4 is 5.32 Å². The molecule has 1 aliphatic carbocycles. The second kappa shape index (κ2) is 5.99. The van der Waals surface area contributed by atoms with Gasteiger partial charge in [0.05, 0.1) is 6.61 Å². The Morgan fingerprint density at radius 1 is 1.38 bits per heavy atom. The van der Waals surface area contributed by atoms with E-state index in [1.165, 1.54) is 38.8 Å². The predicted octanol–water partition coefficient (Wildman–Crippen LogP) is 1.49. The Labute approximate surface area is 99.5 Å². The fraction of sp³-hybridized carbons (Fsp3) is 1.00. The second-order valence-corrected chi connectivity index (χ2v) is 5.35. The third-order valence-corrected chi connectivity index (χ3v) is 3.99. The highest BCUT2D eigenvalue weighted by Crippen LogP contribution is 2.22. The number of hydrogen-bond donors (Lipinski definition) is 1. The lowest BCUT2D eigenvalue weighted by Gasteiger charge is -2.27. The van der Waals surface area contributed by atoms with Crippen LogP contribution in [0.5, 0.6) is 0 Å². The van der Waals surface area contributed by atoms with Crippen molar-refractivity contribution in [1.82, 2.24) is 10.2 Å². The van der Waals surface area contributed by atoms with Crippen LogP contribution in [0.25, 0.3) is 0 Å². The predicted molar refractivity (Wildman–Crippen MR) is 66.7 cm³/mol. The molecule has 1 N–H and O–H groups in total. The number of methoxy groups -OCH3 is 1. The van der Waals surface area contributed by atoms with Gasteiger partial charge in [0, 0.05) is 32.3 Å². The lowest BCUT2D eigenvalue weighted by molar-refractivity contribution is 0.101. The minimum Gasteiger partial charge on any atom is -0.383 e. The smallest absolute Gasteiger partial charge is 0.0630 e. The zero-order chi connectivity index (χ0) is 11.4. The zero-order valence-corrected chi connectivity index (χ0v) is 10.7. The summed E-state index contributed by atoms with van der Waals surface area (Å²) in [5, 5.41) is 3.63. The van der Waals surface area contributed by atoms with Crippen molar-refractivity contribution in [3.63, 3.8) is 0 Å². The number of likely N-dealkylation sites (tertiary alicyclic amines) is 1. The molecule has 94 valence electrons. The van der Waals surface area contributed by atoms with Crippen LogP contribution >= 0.6 is 0 Å². The monoisotopic (exact) mass is 226 g/mol. The normalized spacial score (nSPS) is 28.5. The van der Waals surface area contributed by atoms with E-state index in [0.717, 1.165) is 25.1 Å². The summed E-state index contributed by atoms with van der Waals surface area (Å²) in [5.41, 5.74) is 0. The van der Waals surface area contributed by atoms with E-state index in [2.05, 4.69) is 17.1 Å². The third kappa shape index (κ3) is 3.44. The molecule has 0 aromatic carbocycles. The van der Waals surface area contributed by atoms with E-state index < -0.39 is 0 Å². The molecule has 1 saturated carbocycles. The van der Waals surface area contributed by atoms with E-state index in [9.17, 15) is 0 Å². The van der Waals surface area contributed by atoms with E-state index >= 15 is 0 Å². The van der Waals surface area contributed by atoms with Gasteiger partial charge in [-0.25, -0.2) is 0 Å². The van der Waals surface area contributed by atoms with Crippen LogP contribution in [0.15, 0.2) is 0 Å². The molecular weight excluding hydrogens is 200 g/mol. The molecule has 1 aliphatic heterocycles. The van der Waals surface area contributed by atoms with Crippen LogP contribution in [-0.4, -0.2) is 50.3 Å². The minimum absolute atomic E-state index is 0.585. The van der Waals surface area contributed by atoms with E-state index in [4.69, 9.17) is 4.74 Å². The molecule has 0 radical (unpaired) electrons. The van der Waals surface area contributed by atoms with Crippen molar-refractivity contribution in [1.29, 1.82) is 0 Å². The first-order valence-electron chi connectivity index (χ1n) is 6.79. The summed E-state index contributed by atoms with van der Waals surface area (Å²) in [5.74, 6) is 0.917. The molecule has 2 rings (SSSR count). The van der Waals surface area contributed by atoms with Crippen molar-refractivity contribution in [3.05, 3.63) is 0 Å². The van der Waals surface area contributed by atoms with Crippen LogP contribution in [-0.2, 0) is 4.74 Å². The Bertz CT molecular complexity index is 206. The molecule has 0 aromatic rings. The Balaban J connectivity index is 1.75. The molecule has 0 spiro atoms. The van der Waals surface area contributed by atoms with Crippen LogP contribution in [0.2, 0.25) is 0 Å². The summed E-state index contributed by atoms with van der Waals surface area (Å²) in [6, 6.07) is 1.39. The van der Waals surface area contributed by atoms with Gasteiger partial charge in [0.25, 0.3) is 0 Å². The molecule has 3 heteroatoms. The van der Waals surface area contributed by atoms with E-state index in [0.29, 0.717) is 6.04 Å². The molecule has 0 amide bonds. The maximum Gasteiger partial charge on any atom is 0.0630 e. The quantitative estimate of drug-likeness (QED) is 0.712. The van der Waals surface area contributed by atoms with Crippen LogP contribution in [0.3, 0.4) is 0 Å². The summed E-state index contributed by atoms with van der Waals surface area (Å²) in [6.45, 7) is 6.82. The van der Waals surface area contributed by atoms with Gasteiger partial charge in [0.15, 0.2) is 0 Å². The molecule has 1 heterocycles. The Hall–Kier alpha value is -0.120. The molecule has 3 nitrogen and oxygen atoms in total. The van der Waals surface area contributed by atoms with Crippen molar-refractivity contribution in [2.75, 3.05) is 33.4 Å². The van der Waals surface area contributed by atoms with Crippen molar-refractivity contribution >= 4 is 0 Å². The number of ether oxygens (including phenoxy) is 1. The molecule has 2 fully saturated rings. The van der Waals surface area contributed by atoms with Gasteiger partial charge in [0.1, 0.15) is 0 Å². The maximum atomic E-state index is 5.36. The number of nitrogens with one attached hydrogen (secondary N) is 1. The van der Waals surface area contributed by atoms with E-state index in [1.807, 2.05) is 7.11 Å². The van der Waals surface area contributed by atoms with Crippen LogP contribution in [0, 0.1) is 5.92 Å². The van der Waals surface area contributed by atoms with Crippen molar-refractivity contribution in [3.8, 4) is 0 Å². The van der Waals surface area contributed by atoms with Gasteiger partial charge in [-0.05, 0) is 31.7 Å². The lowest BCUT2D eigenvalue weighted by Crippen LogP contribution is -2.44. The summed E-state index contributed by atoms with van der Waals surface area (Å²) >= 11 is 0. The number of hydrogen-bond acceptors (Lipinski definition) is 3. The van der Waals surface area contributed by atoms with Crippen molar-refractivity contribution in [2.24, 2.45) is 5.92 Å². The van der Waals surface area contributed by atoms with Crippen LogP contribution in [0.4, 0.5) is 0 Å².